The smallest absolute Gasteiger partial charge is 0.337 e. The Morgan fingerprint density at radius 3 is 2.88 bits per heavy atom. The van der Waals surface area contributed by atoms with Gasteiger partial charge in [-0.25, -0.2) is 4.79 Å². The van der Waals surface area contributed by atoms with Gasteiger partial charge >= 0.3 is 5.97 Å². The molecule has 0 aromatic heterocycles. The van der Waals surface area contributed by atoms with Gasteiger partial charge in [-0.2, -0.15) is 0 Å². The lowest BCUT2D eigenvalue weighted by Gasteiger charge is -2.05. The van der Waals surface area contributed by atoms with Gasteiger partial charge in [-0.15, -0.1) is 0 Å². The summed E-state index contributed by atoms with van der Waals surface area (Å²) < 4.78 is 5.50. The highest BCUT2D eigenvalue weighted by atomic mass is 16.5. The highest BCUT2D eigenvalue weighted by Gasteiger charge is 2.12. The van der Waals surface area contributed by atoms with Gasteiger partial charge in [-0.3, -0.25) is 0 Å². The number of carbonyl (C=O) groups is 1. The van der Waals surface area contributed by atoms with Crippen molar-refractivity contribution >= 4 is 11.5 Å². The molecule has 0 saturated carbocycles. The normalized spacial score (nSPS) is 14.4. The summed E-state index contributed by atoms with van der Waals surface area (Å²) in [4.78, 5) is 22.4. The van der Waals surface area contributed by atoms with Crippen LogP contribution in [0, 0.1) is 4.91 Å². The van der Waals surface area contributed by atoms with E-state index in [1.54, 1.807) is 24.3 Å². The minimum absolute atomic E-state index is 0.328. The van der Waals surface area contributed by atoms with Gasteiger partial charge in [0, 0.05) is 15.7 Å². The third-order valence-corrected chi connectivity index (χ3v) is 2.53. The van der Waals surface area contributed by atoms with Crippen LogP contribution in [0.15, 0.2) is 42.6 Å². The fourth-order valence-corrected chi connectivity index (χ4v) is 1.64. The molecule has 1 heterocycles. The summed E-state index contributed by atoms with van der Waals surface area (Å²) in [6, 6.07) is 7.13. The van der Waals surface area contributed by atoms with E-state index < -0.39 is 0 Å². The van der Waals surface area contributed by atoms with E-state index in [0.717, 1.165) is 15.9 Å². The number of esters is 1. The fraction of sp³-hybridized carbons (Fsp3) is 0.154. The molecule has 0 unspecified atom stereocenters. The first kappa shape index (κ1) is 11.3. The number of hydrogen-bond acceptors (Lipinski definition) is 3. The number of rotatable bonds is 2. The number of nitrogens with zero attached hydrogens (tertiary/aromatic N) is 1. The molecule has 4 nitrogen and oxygen atoms in total. The molecule has 0 aliphatic carbocycles. The van der Waals surface area contributed by atoms with E-state index >= 15 is 0 Å². The summed E-state index contributed by atoms with van der Waals surface area (Å²) in [5.41, 5.74) is 2.34. The second-order valence-corrected chi connectivity index (χ2v) is 3.65. The molecule has 0 atom stereocenters. The predicted molar refractivity (Wildman–Crippen MR) is 63.4 cm³/mol. The minimum atomic E-state index is -0.363. The first-order valence-electron chi connectivity index (χ1n) is 5.21. The van der Waals surface area contributed by atoms with Crippen molar-refractivity contribution in [3.8, 4) is 0 Å². The van der Waals surface area contributed by atoms with Crippen molar-refractivity contribution < 1.29 is 14.3 Å². The van der Waals surface area contributed by atoms with Crippen molar-refractivity contribution in [1.29, 1.82) is 0 Å². The maximum absolute atomic E-state index is 11.4. The standard InChI is InChI=1S/C13H12NO3/c1-17-13(15)12-4-2-3-11(9-12)10-5-7-14(16)8-6-10/h2-7,9H,8H2,1H3/q+1. The van der Waals surface area contributed by atoms with E-state index in [1.165, 1.54) is 13.3 Å². The molecular formula is C13H12NO3+. The maximum atomic E-state index is 11.4. The van der Waals surface area contributed by atoms with Crippen LogP contribution in [0.1, 0.15) is 15.9 Å². The number of allylic oxidation sites excluding steroid dienone is 2. The van der Waals surface area contributed by atoms with Crippen LogP contribution in [-0.4, -0.2) is 24.4 Å². The Morgan fingerprint density at radius 2 is 2.24 bits per heavy atom. The number of methoxy groups -OCH3 is 1. The Labute approximate surface area is 98.8 Å². The summed E-state index contributed by atoms with van der Waals surface area (Å²) >= 11 is 0. The van der Waals surface area contributed by atoms with E-state index in [9.17, 15) is 9.70 Å². The topological polar surface area (TPSA) is 46.4 Å². The Kier molecular flexibility index (Phi) is 3.14. The molecule has 2 rings (SSSR count). The Morgan fingerprint density at radius 1 is 1.41 bits per heavy atom. The van der Waals surface area contributed by atoms with Gasteiger partial charge in [0.25, 0.3) is 0 Å². The largest absolute Gasteiger partial charge is 0.465 e. The molecule has 86 valence electrons. The molecule has 0 fully saturated rings. The zero-order chi connectivity index (χ0) is 12.3. The number of hydrogen-bond donors (Lipinski definition) is 0. The van der Waals surface area contributed by atoms with Crippen LogP contribution in [0.4, 0.5) is 0 Å². The zero-order valence-corrected chi connectivity index (χ0v) is 9.42. The summed E-state index contributed by atoms with van der Waals surface area (Å²) in [5, 5.41) is 0. The molecule has 4 heteroatoms. The van der Waals surface area contributed by atoms with Crippen LogP contribution in [-0.2, 0) is 4.74 Å². The first-order valence-corrected chi connectivity index (χ1v) is 5.21. The molecule has 0 saturated heterocycles. The van der Waals surface area contributed by atoms with Crippen molar-refractivity contribution in [1.82, 2.24) is 0 Å². The highest BCUT2D eigenvalue weighted by Crippen LogP contribution is 2.19. The van der Waals surface area contributed by atoms with E-state index in [-0.39, 0.29) is 5.97 Å². The minimum Gasteiger partial charge on any atom is -0.465 e. The van der Waals surface area contributed by atoms with Crippen molar-refractivity contribution in [2.45, 2.75) is 0 Å². The summed E-state index contributed by atoms with van der Waals surface area (Å²) in [6.45, 7) is 0.328. The van der Waals surface area contributed by atoms with Gasteiger partial charge < -0.3 is 4.74 Å². The molecule has 0 spiro atoms. The molecule has 0 bridgehead atoms. The Balaban J connectivity index is 2.31. The summed E-state index contributed by atoms with van der Waals surface area (Å²) in [7, 11) is 1.35. The van der Waals surface area contributed by atoms with Crippen LogP contribution >= 0.6 is 0 Å². The maximum Gasteiger partial charge on any atom is 0.337 e. The number of ether oxygens (including phenoxy) is 1. The SMILES string of the molecule is COC(=O)c1cccc(C2=CC[N+](=O)C=C2)c1. The van der Waals surface area contributed by atoms with Crippen molar-refractivity contribution in [2.24, 2.45) is 0 Å². The molecule has 1 aromatic carbocycles. The van der Waals surface area contributed by atoms with E-state index in [2.05, 4.69) is 4.74 Å². The molecule has 17 heavy (non-hydrogen) atoms. The predicted octanol–water partition coefficient (Wildman–Crippen LogP) is 2.16. The van der Waals surface area contributed by atoms with E-state index in [0.29, 0.717) is 12.1 Å². The second-order valence-electron chi connectivity index (χ2n) is 3.65. The average molecular weight is 230 g/mol. The lowest BCUT2D eigenvalue weighted by molar-refractivity contribution is -0.468. The van der Waals surface area contributed by atoms with Crippen LogP contribution in [0.3, 0.4) is 0 Å². The van der Waals surface area contributed by atoms with E-state index in [4.69, 9.17) is 0 Å². The third-order valence-electron chi connectivity index (χ3n) is 2.53. The summed E-state index contributed by atoms with van der Waals surface area (Å²) in [5.74, 6) is -0.363. The van der Waals surface area contributed by atoms with Crippen LogP contribution in [0.2, 0.25) is 0 Å². The molecule has 0 radical (unpaired) electrons. The van der Waals surface area contributed by atoms with Crippen LogP contribution in [0.5, 0.6) is 0 Å². The summed E-state index contributed by atoms with van der Waals surface area (Å²) in [6.07, 6.45) is 5.02. The van der Waals surface area contributed by atoms with Gasteiger partial charge in [0.1, 0.15) is 0 Å². The van der Waals surface area contributed by atoms with Gasteiger partial charge in [0.2, 0.25) is 12.7 Å². The average Bonchev–Trinajstić information content (AvgIpc) is 2.39. The molecule has 1 aliphatic heterocycles. The molecular weight excluding hydrogens is 218 g/mol. The van der Waals surface area contributed by atoms with Gasteiger partial charge in [0.15, 0.2) is 0 Å². The highest BCUT2D eigenvalue weighted by molar-refractivity contribution is 5.91. The molecule has 1 aromatic rings. The van der Waals surface area contributed by atoms with Crippen LogP contribution < -0.4 is 0 Å². The Bertz CT molecular complexity index is 529. The van der Waals surface area contributed by atoms with Gasteiger partial charge in [-0.05, 0) is 29.3 Å². The lowest BCUT2D eigenvalue weighted by Crippen LogP contribution is -2.05. The van der Waals surface area contributed by atoms with Crippen molar-refractivity contribution in [3.63, 3.8) is 0 Å². The van der Waals surface area contributed by atoms with Gasteiger partial charge in [0.05, 0.1) is 12.7 Å². The van der Waals surface area contributed by atoms with Gasteiger partial charge in [-0.1, -0.05) is 12.1 Å². The number of benzene rings is 1. The van der Waals surface area contributed by atoms with Crippen molar-refractivity contribution in [3.05, 3.63) is 58.7 Å². The lowest BCUT2D eigenvalue weighted by atomic mass is 10.0. The molecule has 0 N–H and O–H groups in total. The second kappa shape index (κ2) is 4.74. The van der Waals surface area contributed by atoms with E-state index in [1.807, 2.05) is 12.1 Å². The molecule has 0 amide bonds. The Hall–Kier alpha value is -2.23. The fourth-order valence-electron chi connectivity index (χ4n) is 1.64. The van der Waals surface area contributed by atoms with Crippen LogP contribution in [0.25, 0.3) is 5.57 Å². The monoisotopic (exact) mass is 230 g/mol. The quantitative estimate of drug-likeness (QED) is 0.577. The van der Waals surface area contributed by atoms with Crippen molar-refractivity contribution in [2.75, 3.05) is 13.7 Å². The zero-order valence-electron chi connectivity index (χ0n) is 9.42. The first-order chi connectivity index (χ1) is 8.20. The molecule has 1 aliphatic rings. The number of nitroso groups, excluding NO2 is 1. The third kappa shape index (κ3) is 2.47. The number of carbonyl (C=O) groups excluding carboxylic acids is 1.